The number of aryl methyl sites for hydroxylation is 2. The van der Waals surface area contributed by atoms with Crippen LogP contribution in [0.2, 0.25) is 0 Å². The van der Waals surface area contributed by atoms with Gasteiger partial charge in [-0.3, -0.25) is 0 Å². The molecule has 0 unspecified atom stereocenters. The lowest BCUT2D eigenvalue weighted by Crippen LogP contribution is -2.09. The molecule has 2 heterocycles. The van der Waals surface area contributed by atoms with E-state index in [1.807, 2.05) is 20.9 Å². The van der Waals surface area contributed by atoms with E-state index >= 15 is 0 Å². The van der Waals surface area contributed by atoms with Crippen LogP contribution in [0.1, 0.15) is 15.7 Å². The van der Waals surface area contributed by atoms with Gasteiger partial charge in [0.25, 0.3) is 0 Å². The molecular weight excluding hydrogens is 240 g/mol. The van der Waals surface area contributed by atoms with Crippen molar-refractivity contribution in [1.82, 2.24) is 20.5 Å². The van der Waals surface area contributed by atoms with E-state index < -0.39 is 0 Å². The quantitative estimate of drug-likeness (QED) is 0.907. The number of aromatic nitrogens is 3. The second kappa shape index (κ2) is 4.99. The van der Waals surface area contributed by atoms with Gasteiger partial charge in [0, 0.05) is 13.0 Å². The van der Waals surface area contributed by atoms with E-state index in [4.69, 9.17) is 0 Å². The number of nitrogens with zero attached hydrogens (tertiary/aromatic N) is 3. The van der Waals surface area contributed by atoms with Crippen molar-refractivity contribution in [2.75, 3.05) is 13.6 Å². The van der Waals surface area contributed by atoms with Crippen LogP contribution in [0.3, 0.4) is 0 Å². The fourth-order valence-corrected chi connectivity index (χ4v) is 3.29. The average Bonchev–Trinajstić information content (AvgIpc) is 2.82. The minimum absolute atomic E-state index is 0.936. The molecule has 2 rings (SSSR count). The van der Waals surface area contributed by atoms with E-state index in [0.717, 1.165) is 38.6 Å². The third-order valence-electron chi connectivity index (χ3n) is 2.15. The summed E-state index contributed by atoms with van der Waals surface area (Å²) in [5.41, 5.74) is 1.05. The lowest BCUT2D eigenvalue weighted by molar-refractivity contribution is 0.779. The minimum atomic E-state index is 0.936. The number of nitrogens with one attached hydrogen (secondary N) is 1. The Labute approximate surface area is 103 Å². The third-order valence-corrected chi connectivity index (χ3v) is 4.36. The fraction of sp³-hybridized carbons (Fsp3) is 0.500. The Morgan fingerprint density at radius 1 is 1.19 bits per heavy atom. The highest BCUT2D eigenvalue weighted by molar-refractivity contribution is 7.21. The Balaban J connectivity index is 2.21. The maximum Gasteiger partial charge on any atom is 0.159 e. The van der Waals surface area contributed by atoms with Crippen LogP contribution < -0.4 is 5.32 Å². The first kappa shape index (κ1) is 11.6. The Morgan fingerprint density at radius 2 is 2.00 bits per heavy atom. The van der Waals surface area contributed by atoms with Crippen molar-refractivity contribution < 1.29 is 0 Å². The van der Waals surface area contributed by atoms with Crippen molar-refractivity contribution >= 4 is 22.7 Å². The van der Waals surface area contributed by atoms with Crippen molar-refractivity contribution in [3.63, 3.8) is 0 Å². The molecular formula is C10H14N4S2. The number of likely N-dealkylation sites (N-methyl/N-ethyl adjacent to an activating group) is 1. The molecule has 0 amide bonds. The first-order chi connectivity index (χ1) is 7.70. The maximum atomic E-state index is 4.40. The molecule has 1 N–H and O–H groups in total. The van der Waals surface area contributed by atoms with Crippen LogP contribution >= 0.6 is 22.7 Å². The van der Waals surface area contributed by atoms with Gasteiger partial charge in [-0.2, -0.15) is 0 Å². The summed E-state index contributed by atoms with van der Waals surface area (Å²) in [6.45, 7) is 4.98. The van der Waals surface area contributed by atoms with Crippen LogP contribution in [0, 0.1) is 13.8 Å². The average molecular weight is 254 g/mol. The summed E-state index contributed by atoms with van der Waals surface area (Å²) in [4.78, 5) is 5.56. The van der Waals surface area contributed by atoms with E-state index in [9.17, 15) is 0 Å². The standard InChI is InChI=1S/C10H14N4S2/c1-6-9(15-7(2)12-6)10-14-13-8(16-10)4-5-11-3/h11H,4-5H2,1-3H3. The Morgan fingerprint density at radius 3 is 2.62 bits per heavy atom. The maximum absolute atomic E-state index is 4.40. The van der Waals surface area contributed by atoms with E-state index in [1.165, 1.54) is 0 Å². The van der Waals surface area contributed by atoms with Crippen LogP contribution in [-0.2, 0) is 6.42 Å². The summed E-state index contributed by atoms with van der Waals surface area (Å²) < 4.78 is 0. The molecule has 4 nitrogen and oxygen atoms in total. The molecule has 0 radical (unpaired) electrons. The molecule has 0 fully saturated rings. The van der Waals surface area contributed by atoms with E-state index in [2.05, 4.69) is 20.5 Å². The van der Waals surface area contributed by atoms with Gasteiger partial charge >= 0.3 is 0 Å². The molecule has 0 saturated heterocycles. The molecule has 86 valence electrons. The Hall–Kier alpha value is -0.850. The van der Waals surface area contributed by atoms with Gasteiger partial charge in [0.05, 0.1) is 15.6 Å². The van der Waals surface area contributed by atoms with Gasteiger partial charge in [-0.15, -0.1) is 21.5 Å². The van der Waals surface area contributed by atoms with Crippen molar-refractivity contribution in [2.45, 2.75) is 20.3 Å². The van der Waals surface area contributed by atoms with E-state index in [1.54, 1.807) is 22.7 Å². The fourth-order valence-electron chi connectivity index (χ4n) is 1.41. The molecule has 0 saturated carbocycles. The molecule has 2 aromatic heterocycles. The number of hydrogen-bond acceptors (Lipinski definition) is 6. The van der Waals surface area contributed by atoms with Crippen LogP contribution in [0.15, 0.2) is 0 Å². The minimum Gasteiger partial charge on any atom is -0.319 e. The largest absolute Gasteiger partial charge is 0.319 e. The summed E-state index contributed by atoms with van der Waals surface area (Å²) in [5, 5.41) is 14.7. The van der Waals surface area contributed by atoms with Crippen LogP contribution in [0.25, 0.3) is 9.88 Å². The summed E-state index contributed by atoms with van der Waals surface area (Å²) in [5.74, 6) is 0. The molecule has 6 heteroatoms. The molecule has 2 aromatic rings. The molecule has 0 aromatic carbocycles. The zero-order valence-corrected chi connectivity index (χ0v) is 11.2. The molecule has 0 bridgehead atoms. The lowest BCUT2D eigenvalue weighted by atomic mass is 10.4. The van der Waals surface area contributed by atoms with Gasteiger partial charge in [-0.25, -0.2) is 4.98 Å². The molecule has 16 heavy (non-hydrogen) atoms. The number of thiazole rings is 1. The van der Waals surface area contributed by atoms with Gasteiger partial charge in [0.2, 0.25) is 0 Å². The van der Waals surface area contributed by atoms with Gasteiger partial charge in [-0.1, -0.05) is 11.3 Å². The Bertz CT molecular complexity index is 475. The summed E-state index contributed by atoms with van der Waals surface area (Å²) in [6, 6.07) is 0. The first-order valence-electron chi connectivity index (χ1n) is 5.12. The highest BCUT2D eigenvalue weighted by Gasteiger charge is 2.12. The summed E-state index contributed by atoms with van der Waals surface area (Å²) >= 11 is 3.35. The highest BCUT2D eigenvalue weighted by Crippen LogP contribution is 2.31. The van der Waals surface area contributed by atoms with Crippen molar-refractivity contribution in [1.29, 1.82) is 0 Å². The molecule has 0 aliphatic rings. The second-order valence-corrected chi connectivity index (χ2v) is 5.77. The topological polar surface area (TPSA) is 50.7 Å². The van der Waals surface area contributed by atoms with E-state index in [0.29, 0.717) is 0 Å². The van der Waals surface area contributed by atoms with Crippen molar-refractivity contribution in [3.8, 4) is 9.88 Å². The zero-order chi connectivity index (χ0) is 11.5. The third kappa shape index (κ3) is 2.45. The highest BCUT2D eigenvalue weighted by atomic mass is 32.1. The second-order valence-electron chi connectivity index (χ2n) is 3.50. The Kier molecular flexibility index (Phi) is 3.63. The SMILES string of the molecule is CNCCc1nnc(-c2sc(C)nc2C)s1. The van der Waals surface area contributed by atoms with E-state index in [-0.39, 0.29) is 0 Å². The van der Waals surface area contributed by atoms with Crippen molar-refractivity contribution in [2.24, 2.45) is 0 Å². The lowest BCUT2D eigenvalue weighted by Gasteiger charge is -1.92. The van der Waals surface area contributed by atoms with Gasteiger partial charge < -0.3 is 5.32 Å². The predicted molar refractivity (Wildman–Crippen MR) is 68.1 cm³/mol. The van der Waals surface area contributed by atoms with Crippen molar-refractivity contribution in [3.05, 3.63) is 15.7 Å². The van der Waals surface area contributed by atoms with Crippen LogP contribution in [0.5, 0.6) is 0 Å². The molecule has 0 spiro atoms. The number of rotatable bonds is 4. The zero-order valence-electron chi connectivity index (χ0n) is 9.57. The van der Waals surface area contributed by atoms with Crippen LogP contribution in [-0.4, -0.2) is 28.8 Å². The van der Waals surface area contributed by atoms with Gasteiger partial charge in [0.15, 0.2) is 5.01 Å². The number of hydrogen-bond donors (Lipinski definition) is 1. The molecule has 0 aliphatic carbocycles. The monoisotopic (exact) mass is 254 g/mol. The first-order valence-corrected chi connectivity index (χ1v) is 6.75. The molecule has 0 atom stereocenters. The van der Waals surface area contributed by atoms with Crippen LogP contribution in [0.4, 0.5) is 0 Å². The smallest absolute Gasteiger partial charge is 0.159 e. The summed E-state index contributed by atoms with van der Waals surface area (Å²) in [6.07, 6.45) is 0.936. The predicted octanol–water partition coefficient (Wildman–Crippen LogP) is 2.04. The molecule has 0 aliphatic heterocycles. The summed E-state index contributed by atoms with van der Waals surface area (Å²) in [7, 11) is 1.94. The van der Waals surface area contributed by atoms with Gasteiger partial charge in [0.1, 0.15) is 5.01 Å². The normalized spacial score (nSPS) is 10.9. The van der Waals surface area contributed by atoms with Gasteiger partial charge in [-0.05, 0) is 20.9 Å².